The van der Waals surface area contributed by atoms with Gasteiger partial charge in [0.15, 0.2) is 0 Å². The summed E-state index contributed by atoms with van der Waals surface area (Å²) in [7, 11) is 0. The van der Waals surface area contributed by atoms with Gasteiger partial charge in [-0.05, 0) is 38.8 Å². The molecule has 2 aromatic rings. The minimum Gasteiger partial charge on any atom is -0.462 e. The third kappa shape index (κ3) is 4.29. The lowest BCUT2D eigenvalue weighted by Gasteiger charge is -2.08. The van der Waals surface area contributed by atoms with Crippen molar-refractivity contribution in [3.63, 3.8) is 0 Å². The second kappa shape index (κ2) is 8.13. The molecule has 0 radical (unpaired) electrons. The molecule has 0 saturated heterocycles. The summed E-state index contributed by atoms with van der Waals surface area (Å²) < 4.78 is 6.73. The zero-order valence-corrected chi connectivity index (χ0v) is 16.0. The topological polar surface area (TPSA) is 116 Å². The monoisotopic (exact) mass is 378 g/mol. The Labute approximate surface area is 155 Å². The zero-order valence-electron chi connectivity index (χ0n) is 15.2. The molecule has 3 N–H and O–H groups in total. The quantitative estimate of drug-likeness (QED) is 0.716. The molecule has 0 fully saturated rings. The number of nitrogens with two attached hydrogens (primary N) is 1. The van der Waals surface area contributed by atoms with Gasteiger partial charge in [0.05, 0.1) is 22.7 Å². The molecule has 0 saturated carbocycles. The molecule has 0 spiro atoms. The number of ether oxygens (including phenoxy) is 1. The van der Waals surface area contributed by atoms with Crippen molar-refractivity contribution in [1.82, 2.24) is 9.78 Å². The minimum atomic E-state index is -0.656. The van der Waals surface area contributed by atoms with Crippen molar-refractivity contribution < 1.29 is 19.1 Å². The molecule has 2 heterocycles. The number of hydrogen-bond donors (Lipinski definition) is 2. The highest BCUT2D eigenvalue weighted by Gasteiger charge is 2.26. The maximum atomic E-state index is 12.4. The first-order valence-electron chi connectivity index (χ1n) is 8.15. The van der Waals surface area contributed by atoms with Crippen molar-refractivity contribution >= 4 is 34.1 Å². The summed E-state index contributed by atoms with van der Waals surface area (Å²) in [4.78, 5) is 36.6. The highest BCUT2D eigenvalue weighted by atomic mass is 32.1. The normalized spacial score (nSPS) is 10.6. The van der Waals surface area contributed by atoms with E-state index in [-0.39, 0.29) is 34.5 Å². The summed E-state index contributed by atoms with van der Waals surface area (Å²) in [5.41, 5.74) is 7.59. The van der Waals surface area contributed by atoms with Gasteiger partial charge >= 0.3 is 5.97 Å². The largest absolute Gasteiger partial charge is 0.462 e. The molecule has 0 aliphatic carbocycles. The van der Waals surface area contributed by atoms with E-state index in [1.165, 1.54) is 0 Å². The van der Waals surface area contributed by atoms with E-state index in [2.05, 4.69) is 10.4 Å². The van der Waals surface area contributed by atoms with Gasteiger partial charge in [-0.2, -0.15) is 5.10 Å². The average Bonchev–Trinajstić information content (AvgIpc) is 3.04. The summed E-state index contributed by atoms with van der Waals surface area (Å²) in [6.45, 7) is 7.41. The molecule has 140 valence electrons. The summed E-state index contributed by atoms with van der Waals surface area (Å²) in [6.07, 6.45) is 0.664. The SMILES string of the molecule is CCCOC(=O)c1c(NC(=O)Cn2nc(C)cc2C)sc(C(N)=O)c1C. The molecule has 0 unspecified atom stereocenters. The van der Waals surface area contributed by atoms with Gasteiger partial charge in [0, 0.05) is 5.69 Å². The number of carbonyl (C=O) groups is 3. The van der Waals surface area contributed by atoms with E-state index in [0.29, 0.717) is 12.0 Å². The molecule has 0 atom stereocenters. The Morgan fingerprint density at radius 1 is 1.31 bits per heavy atom. The molecule has 2 aromatic heterocycles. The number of esters is 1. The number of primary amides is 1. The van der Waals surface area contributed by atoms with Crippen molar-refractivity contribution in [2.24, 2.45) is 5.73 Å². The van der Waals surface area contributed by atoms with Gasteiger partial charge in [0.25, 0.3) is 5.91 Å². The second-order valence-corrected chi connectivity index (χ2v) is 6.91. The molecule has 0 aliphatic rings. The van der Waals surface area contributed by atoms with Crippen molar-refractivity contribution in [2.75, 3.05) is 11.9 Å². The lowest BCUT2D eigenvalue weighted by Crippen LogP contribution is -2.21. The Bertz CT molecular complexity index is 853. The van der Waals surface area contributed by atoms with Crippen LogP contribution < -0.4 is 11.1 Å². The summed E-state index contributed by atoms with van der Waals surface area (Å²) in [5.74, 6) is -1.61. The maximum absolute atomic E-state index is 12.4. The first-order valence-corrected chi connectivity index (χ1v) is 8.97. The lowest BCUT2D eigenvalue weighted by molar-refractivity contribution is -0.116. The molecule has 2 amide bonds. The number of thiophene rings is 1. The number of nitrogens with zero attached hydrogens (tertiary/aromatic N) is 2. The average molecular weight is 378 g/mol. The van der Waals surface area contributed by atoms with Crippen LogP contribution in [-0.2, 0) is 16.1 Å². The van der Waals surface area contributed by atoms with E-state index >= 15 is 0 Å². The molecule has 0 bridgehead atoms. The number of aromatic nitrogens is 2. The van der Waals surface area contributed by atoms with Crippen LogP contribution >= 0.6 is 11.3 Å². The first kappa shape index (κ1) is 19.6. The Kier molecular flexibility index (Phi) is 6.14. The van der Waals surface area contributed by atoms with Crippen molar-refractivity contribution in [3.05, 3.63) is 33.5 Å². The predicted molar refractivity (Wildman–Crippen MR) is 98.5 cm³/mol. The van der Waals surface area contributed by atoms with Crippen molar-refractivity contribution in [2.45, 2.75) is 40.7 Å². The number of amides is 2. The van der Waals surface area contributed by atoms with Crippen molar-refractivity contribution in [1.29, 1.82) is 0 Å². The van der Waals surface area contributed by atoms with Crippen LogP contribution in [0.5, 0.6) is 0 Å². The van der Waals surface area contributed by atoms with Crippen LogP contribution in [0.4, 0.5) is 5.00 Å². The molecule has 2 rings (SSSR count). The van der Waals surface area contributed by atoms with E-state index in [0.717, 1.165) is 22.7 Å². The number of nitrogens with one attached hydrogen (secondary N) is 1. The van der Waals surface area contributed by atoms with Crippen LogP contribution in [0, 0.1) is 20.8 Å². The number of carbonyl (C=O) groups excluding carboxylic acids is 3. The summed E-state index contributed by atoms with van der Waals surface area (Å²) >= 11 is 0.967. The number of aryl methyl sites for hydroxylation is 2. The first-order chi connectivity index (χ1) is 12.2. The van der Waals surface area contributed by atoms with Crippen LogP contribution in [-0.4, -0.2) is 34.2 Å². The van der Waals surface area contributed by atoms with E-state index in [1.54, 1.807) is 11.6 Å². The number of anilines is 1. The molecular weight excluding hydrogens is 356 g/mol. The third-order valence-electron chi connectivity index (χ3n) is 3.66. The van der Waals surface area contributed by atoms with Gasteiger partial charge in [-0.1, -0.05) is 6.92 Å². The third-order valence-corrected chi connectivity index (χ3v) is 4.88. The highest BCUT2D eigenvalue weighted by molar-refractivity contribution is 7.18. The van der Waals surface area contributed by atoms with E-state index in [1.807, 2.05) is 26.8 Å². The fourth-order valence-electron chi connectivity index (χ4n) is 2.49. The Hall–Kier alpha value is -2.68. The van der Waals surface area contributed by atoms with Crippen LogP contribution in [0.1, 0.15) is 50.3 Å². The summed E-state index contributed by atoms with van der Waals surface area (Å²) in [5, 5.41) is 7.17. The molecule has 26 heavy (non-hydrogen) atoms. The molecule has 0 aromatic carbocycles. The van der Waals surface area contributed by atoms with Gasteiger partial charge in [-0.25, -0.2) is 4.79 Å². The molecule has 0 aliphatic heterocycles. The Balaban J connectivity index is 2.27. The molecule has 9 heteroatoms. The smallest absolute Gasteiger partial charge is 0.341 e. The van der Waals surface area contributed by atoms with E-state index < -0.39 is 11.9 Å². The van der Waals surface area contributed by atoms with E-state index in [4.69, 9.17) is 10.5 Å². The van der Waals surface area contributed by atoms with Gasteiger partial charge in [-0.15, -0.1) is 11.3 Å². The van der Waals surface area contributed by atoms with Crippen molar-refractivity contribution in [3.8, 4) is 0 Å². The Morgan fingerprint density at radius 3 is 2.54 bits per heavy atom. The van der Waals surface area contributed by atoms with Crippen LogP contribution in [0.2, 0.25) is 0 Å². The van der Waals surface area contributed by atoms with Crippen LogP contribution in [0.15, 0.2) is 6.07 Å². The fraction of sp³-hybridized carbons (Fsp3) is 0.412. The minimum absolute atomic E-state index is 0.00796. The standard InChI is InChI=1S/C17H22N4O4S/c1-5-6-25-17(24)13-11(4)14(15(18)23)26-16(13)19-12(22)8-21-10(3)7-9(2)20-21/h7H,5-6,8H2,1-4H3,(H2,18,23)(H,19,22). The summed E-state index contributed by atoms with van der Waals surface area (Å²) in [6, 6.07) is 1.86. The predicted octanol–water partition coefficient (Wildman–Crippen LogP) is 2.17. The Morgan fingerprint density at radius 2 is 2.00 bits per heavy atom. The number of rotatable bonds is 7. The van der Waals surface area contributed by atoms with E-state index in [9.17, 15) is 14.4 Å². The fourth-order valence-corrected chi connectivity index (χ4v) is 3.55. The zero-order chi connectivity index (χ0) is 19.4. The van der Waals surface area contributed by atoms with Gasteiger partial charge in [0.2, 0.25) is 5.91 Å². The van der Waals surface area contributed by atoms with Crippen LogP contribution in [0.25, 0.3) is 0 Å². The number of hydrogen-bond acceptors (Lipinski definition) is 6. The second-order valence-electron chi connectivity index (χ2n) is 5.89. The lowest BCUT2D eigenvalue weighted by atomic mass is 10.1. The molecule has 8 nitrogen and oxygen atoms in total. The van der Waals surface area contributed by atoms with Crippen LogP contribution in [0.3, 0.4) is 0 Å². The van der Waals surface area contributed by atoms with Gasteiger partial charge < -0.3 is 15.8 Å². The molecular formula is C17H22N4O4S. The highest BCUT2D eigenvalue weighted by Crippen LogP contribution is 2.33. The van der Waals surface area contributed by atoms with Gasteiger partial charge in [-0.3, -0.25) is 14.3 Å². The maximum Gasteiger partial charge on any atom is 0.341 e. The van der Waals surface area contributed by atoms with Gasteiger partial charge in [0.1, 0.15) is 11.5 Å².